The van der Waals surface area contributed by atoms with E-state index in [4.69, 9.17) is 4.74 Å². The number of aliphatic hydroxyl groups excluding tert-OH is 1. The molecule has 2 aromatic carbocycles. The summed E-state index contributed by atoms with van der Waals surface area (Å²) in [5, 5.41) is 14.7. The van der Waals surface area contributed by atoms with E-state index in [1.54, 1.807) is 48.2 Å². The van der Waals surface area contributed by atoms with Gasteiger partial charge in [0.2, 0.25) is 11.8 Å². The number of carbonyl (C=O) groups excluding carboxylic acids is 3. The number of benzene rings is 2. The molecule has 9 heteroatoms. The van der Waals surface area contributed by atoms with Crippen molar-refractivity contribution in [3.63, 3.8) is 0 Å². The summed E-state index contributed by atoms with van der Waals surface area (Å²) >= 11 is 3.34. The second-order valence-corrected chi connectivity index (χ2v) is 8.25. The molecule has 3 N–H and O–H groups in total. The predicted molar refractivity (Wildman–Crippen MR) is 120 cm³/mol. The van der Waals surface area contributed by atoms with Crippen LogP contribution in [0.3, 0.4) is 0 Å². The van der Waals surface area contributed by atoms with Crippen LogP contribution in [0.5, 0.6) is 5.75 Å². The second kappa shape index (κ2) is 10.4. The van der Waals surface area contributed by atoms with Gasteiger partial charge in [-0.3, -0.25) is 14.4 Å². The molecule has 8 nitrogen and oxygen atoms in total. The number of carbonyl (C=O) groups is 3. The lowest BCUT2D eigenvalue weighted by atomic mass is 10.1. The summed E-state index contributed by atoms with van der Waals surface area (Å²) in [5.41, 5.74) is 1.33. The number of rotatable bonds is 8. The molecule has 0 spiro atoms. The molecule has 164 valence electrons. The molecule has 0 saturated carbocycles. The number of halogens is 1. The Bertz CT molecular complexity index is 931. The molecule has 0 radical (unpaired) electrons. The molecule has 1 aliphatic heterocycles. The van der Waals surface area contributed by atoms with Gasteiger partial charge in [-0.15, -0.1) is 0 Å². The lowest BCUT2D eigenvalue weighted by molar-refractivity contribution is -0.126. The van der Waals surface area contributed by atoms with Crippen molar-refractivity contribution in [2.24, 2.45) is 5.92 Å². The molecule has 1 aliphatic rings. The van der Waals surface area contributed by atoms with Gasteiger partial charge in [0.05, 0.1) is 12.0 Å². The summed E-state index contributed by atoms with van der Waals surface area (Å²) in [4.78, 5) is 38.1. The van der Waals surface area contributed by atoms with Crippen LogP contribution in [-0.2, 0) is 14.4 Å². The van der Waals surface area contributed by atoms with Gasteiger partial charge in [-0.2, -0.15) is 0 Å². The maximum atomic E-state index is 12.3. The van der Waals surface area contributed by atoms with Crippen molar-refractivity contribution in [1.82, 2.24) is 5.32 Å². The molecule has 31 heavy (non-hydrogen) atoms. The zero-order valence-electron chi connectivity index (χ0n) is 17.0. The zero-order valence-corrected chi connectivity index (χ0v) is 18.6. The predicted octanol–water partition coefficient (Wildman–Crippen LogP) is 2.32. The molecule has 1 fully saturated rings. The van der Waals surface area contributed by atoms with Gasteiger partial charge in [0.25, 0.3) is 5.91 Å². The van der Waals surface area contributed by atoms with Crippen molar-refractivity contribution in [3.8, 4) is 5.75 Å². The standard InChI is InChI=1S/C22H24BrN3O5/c1-14(27)11-24-22(30)15-10-21(29)26(12-15)18-6-8-19(9-7-18)31-13-20(28)25-17-4-2-16(23)3-5-17/h2-9,14-15,27H,10-13H2,1H3,(H,24,30)(H,25,28)/t14-,15+/m0/s1. The first-order valence-electron chi connectivity index (χ1n) is 9.86. The van der Waals surface area contributed by atoms with Crippen molar-refractivity contribution in [3.05, 3.63) is 53.0 Å². The van der Waals surface area contributed by atoms with Crippen LogP contribution in [0.2, 0.25) is 0 Å². The first-order valence-corrected chi connectivity index (χ1v) is 10.7. The lowest BCUT2D eigenvalue weighted by Crippen LogP contribution is -2.36. The average molecular weight is 490 g/mol. The smallest absolute Gasteiger partial charge is 0.262 e. The zero-order chi connectivity index (χ0) is 22.4. The highest BCUT2D eigenvalue weighted by Crippen LogP contribution is 2.27. The topological polar surface area (TPSA) is 108 Å². The van der Waals surface area contributed by atoms with Crippen LogP contribution in [-0.4, -0.2) is 48.6 Å². The van der Waals surface area contributed by atoms with Crippen molar-refractivity contribution in [2.45, 2.75) is 19.4 Å². The van der Waals surface area contributed by atoms with Crippen molar-refractivity contribution in [2.75, 3.05) is 29.9 Å². The number of hydrogen-bond acceptors (Lipinski definition) is 5. The maximum Gasteiger partial charge on any atom is 0.262 e. The van der Waals surface area contributed by atoms with Crippen LogP contribution in [0, 0.1) is 5.92 Å². The molecular weight excluding hydrogens is 466 g/mol. The third-order valence-corrected chi connectivity index (χ3v) is 5.24. The fourth-order valence-electron chi connectivity index (χ4n) is 3.13. The lowest BCUT2D eigenvalue weighted by Gasteiger charge is -2.17. The van der Waals surface area contributed by atoms with E-state index < -0.39 is 12.0 Å². The van der Waals surface area contributed by atoms with E-state index in [2.05, 4.69) is 26.6 Å². The highest BCUT2D eigenvalue weighted by Gasteiger charge is 2.35. The summed E-state index contributed by atoms with van der Waals surface area (Å²) in [6, 6.07) is 14.0. The van der Waals surface area contributed by atoms with Gasteiger partial charge in [-0.25, -0.2) is 0 Å². The monoisotopic (exact) mass is 489 g/mol. The minimum Gasteiger partial charge on any atom is -0.484 e. The highest BCUT2D eigenvalue weighted by atomic mass is 79.9. The van der Waals surface area contributed by atoms with Crippen molar-refractivity contribution >= 4 is 45.0 Å². The number of hydrogen-bond donors (Lipinski definition) is 3. The molecule has 0 unspecified atom stereocenters. The number of anilines is 2. The fraction of sp³-hybridized carbons (Fsp3) is 0.318. The Kier molecular flexibility index (Phi) is 7.64. The molecule has 3 amide bonds. The van der Waals surface area contributed by atoms with E-state index in [1.807, 2.05) is 12.1 Å². The van der Waals surface area contributed by atoms with Crippen LogP contribution in [0.1, 0.15) is 13.3 Å². The minimum atomic E-state index is -0.637. The van der Waals surface area contributed by atoms with Gasteiger partial charge in [0.1, 0.15) is 5.75 Å². The number of amides is 3. The van der Waals surface area contributed by atoms with Crippen LogP contribution in [0.15, 0.2) is 53.0 Å². The van der Waals surface area contributed by atoms with Crippen molar-refractivity contribution < 1.29 is 24.2 Å². The minimum absolute atomic E-state index is 0.125. The van der Waals surface area contributed by atoms with E-state index in [-0.39, 0.29) is 43.8 Å². The SMILES string of the molecule is C[C@H](O)CNC(=O)[C@@H]1CC(=O)N(c2ccc(OCC(=O)Nc3ccc(Br)cc3)cc2)C1. The van der Waals surface area contributed by atoms with E-state index >= 15 is 0 Å². The molecular formula is C22H24BrN3O5. The molecule has 1 saturated heterocycles. The third-order valence-electron chi connectivity index (χ3n) is 4.71. The van der Waals surface area contributed by atoms with Crippen LogP contribution < -0.4 is 20.3 Å². The van der Waals surface area contributed by atoms with E-state index in [0.717, 1.165) is 4.47 Å². The second-order valence-electron chi connectivity index (χ2n) is 7.34. The summed E-state index contributed by atoms with van der Waals surface area (Å²) in [6.45, 7) is 1.87. The summed E-state index contributed by atoms with van der Waals surface area (Å²) < 4.78 is 6.43. The Balaban J connectivity index is 1.50. The first kappa shape index (κ1) is 22.8. The number of ether oxygens (including phenoxy) is 1. The normalized spacial score (nSPS) is 16.7. The Morgan fingerprint density at radius 3 is 2.52 bits per heavy atom. The molecule has 0 bridgehead atoms. The van der Waals surface area contributed by atoms with E-state index in [0.29, 0.717) is 17.1 Å². The van der Waals surface area contributed by atoms with Gasteiger partial charge in [0, 0.05) is 35.4 Å². The van der Waals surface area contributed by atoms with Gasteiger partial charge < -0.3 is 25.4 Å². The van der Waals surface area contributed by atoms with Gasteiger partial charge in [0.15, 0.2) is 6.61 Å². The van der Waals surface area contributed by atoms with Crippen LogP contribution in [0.25, 0.3) is 0 Å². The average Bonchev–Trinajstić information content (AvgIpc) is 3.14. The van der Waals surface area contributed by atoms with E-state index in [9.17, 15) is 19.5 Å². The summed E-state index contributed by atoms with van der Waals surface area (Å²) in [7, 11) is 0. The summed E-state index contributed by atoms with van der Waals surface area (Å²) in [6.07, 6.45) is -0.512. The maximum absolute atomic E-state index is 12.3. The molecule has 0 aromatic heterocycles. The highest BCUT2D eigenvalue weighted by molar-refractivity contribution is 9.10. The number of aliphatic hydroxyl groups is 1. The number of nitrogens with zero attached hydrogens (tertiary/aromatic N) is 1. The van der Waals surface area contributed by atoms with E-state index in [1.165, 1.54) is 0 Å². The van der Waals surface area contributed by atoms with Gasteiger partial charge >= 0.3 is 0 Å². The molecule has 2 atom stereocenters. The quantitative estimate of drug-likeness (QED) is 0.527. The Morgan fingerprint density at radius 2 is 1.87 bits per heavy atom. The molecule has 0 aliphatic carbocycles. The summed E-state index contributed by atoms with van der Waals surface area (Å²) in [5.74, 6) is -0.627. The fourth-order valence-corrected chi connectivity index (χ4v) is 3.39. The van der Waals surface area contributed by atoms with Crippen LogP contribution in [0.4, 0.5) is 11.4 Å². The first-order chi connectivity index (χ1) is 14.8. The van der Waals surface area contributed by atoms with Gasteiger partial charge in [-0.05, 0) is 55.5 Å². The Morgan fingerprint density at radius 1 is 1.19 bits per heavy atom. The van der Waals surface area contributed by atoms with Gasteiger partial charge in [-0.1, -0.05) is 15.9 Å². The van der Waals surface area contributed by atoms with Crippen LogP contribution >= 0.6 is 15.9 Å². The largest absolute Gasteiger partial charge is 0.484 e. The van der Waals surface area contributed by atoms with Crippen molar-refractivity contribution in [1.29, 1.82) is 0 Å². The third kappa shape index (κ3) is 6.53. The Hall–Kier alpha value is -2.91. The molecule has 1 heterocycles. The molecule has 2 aromatic rings. The molecule has 3 rings (SSSR count). The number of nitrogens with one attached hydrogen (secondary N) is 2. The Labute approximate surface area is 188 Å².